The van der Waals surface area contributed by atoms with E-state index >= 15 is 8.78 Å². The van der Waals surface area contributed by atoms with Crippen LogP contribution in [0.1, 0.15) is 24.3 Å². The number of carbonyl (C=O) groups is 4. The summed E-state index contributed by atoms with van der Waals surface area (Å²) in [6.07, 6.45) is 0.799. The minimum Gasteiger partial charge on any atom is -0.503 e. The number of ether oxygens (including phenoxy) is 1. The number of methoxy groups -OCH3 is 1. The summed E-state index contributed by atoms with van der Waals surface area (Å²) < 4.78 is 78.9. The molecule has 3 fully saturated rings. The van der Waals surface area contributed by atoms with E-state index in [0.29, 0.717) is 5.02 Å². The lowest BCUT2D eigenvalue weighted by atomic mass is 9.56. The topological polar surface area (TPSA) is 104 Å². The Morgan fingerprint density at radius 1 is 0.843 bits per heavy atom. The molecular weight excluding hydrogens is 882 g/mol. The summed E-state index contributed by atoms with van der Waals surface area (Å²) in [6.45, 7) is 0. The number of fused-ring (bicyclic) bond motifs is 4. The third-order valence-electron chi connectivity index (χ3n) is 10.0. The molecular formula is C33H18Br2Cl3F5N2O6. The number of benzene rings is 3. The molecule has 0 bridgehead atoms. The summed E-state index contributed by atoms with van der Waals surface area (Å²) in [6, 6.07) is 7.10. The van der Waals surface area contributed by atoms with Gasteiger partial charge in [-0.3, -0.25) is 24.1 Å². The lowest BCUT2D eigenvalue weighted by Crippen LogP contribution is -2.60. The maximum Gasteiger partial charge on any atom is 0.258 e. The van der Waals surface area contributed by atoms with Crippen LogP contribution in [0.15, 0.2) is 50.9 Å². The smallest absolute Gasteiger partial charge is 0.258 e. The largest absolute Gasteiger partial charge is 0.503 e. The Bertz CT molecular complexity index is 2150. The second-order valence-corrected chi connectivity index (χ2v) is 15.6. The number of rotatable bonds is 4. The molecule has 4 aliphatic rings. The summed E-state index contributed by atoms with van der Waals surface area (Å²) in [7, 11) is 1.21. The monoisotopic (exact) mass is 896 g/mol. The number of anilines is 2. The average molecular weight is 900 g/mol. The Labute approximate surface area is 316 Å². The number of halogens is 10. The number of allylic oxidation sites excluding steroid dienone is 2. The quantitative estimate of drug-likeness (QED) is 0.0711. The number of phenolic OH excluding ortho intramolecular Hbond substituents is 1. The van der Waals surface area contributed by atoms with Crippen molar-refractivity contribution < 1.29 is 51.0 Å². The van der Waals surface area contributed by atoms with Gasteiger partial charge < -0.3 is 9.84 Å². The molecule has 7 rings (SSSR count). The molecule has 0 unspecified atom stereocenters. The summed E-state index contributed by atoms with van der Waals surface area (Å²) in [5.41, 5.74) is -1.47. The molecule has 51 heavy (non-hydrogen) atoms. The number of hydrogen-bond donors (Lipinski definition) is 1. The maximum atomic E-state index is 15.3. The first-order chi connectivity index (χ1) is 23.9. The predicted molar refractivity (Wildman–Crippen MR) is 180 cm³/mol. The van der Waals surface area contributed by atoms with E-state index in [9.17, 15) is 37.5 Å². The van der Waals surface area contributed by atoms with Gasteiger partial charge in [-0.1, -0.05) is 23.3 Å². The number of hydrogen-bond acceptors (Lipinski definition) is 6. The van der Waals surface area contributed by atoms with Crippen LogP contribution in [0.3, 0.4) is 0 Å². The number of amides is 4. The van der Waals surface area contributed by atoms with Gasteiger partial charge in [0, 0.05) is 15.4 Å². The van der Waals surface area contributed by atoms with E-state index in [4.69, 9.17) is 39.5 Å². The van der Waals surface area contributed by atoms with Gasteiger partial charge in [-0.15, -0.1) is 23.2 Å². The van der Waals surface area contributed by atoms with Crippen molar-refractivity contribution in [3.8, 4) is 11.5 Å². The molecule has 0 radical (unpaired) electrons. The van der Waals surface area contributed by atoms with E-state index in [2.05, 4.69) is 31.9 Å². The SMILES string of the molecule is COc1cc([C@H]2C3=CC[C@@H]4C(=O)N(c5ccc(Cl)cc5)C(=O)[C@@H]4[C@@H]3C[C@@]3(Cl)C(=O)N(c4c(F)c(F)c(F)c(F)c4F)C(=O)[C@@]23Cl)c(Br)c(Br)c1O. The lowest BCUT2D eigenvalue weighted by Gasteiger charge is -2.51. The van der Waals surface area contributed by atoms with Gasteiger partial charge >= 0.3 is 0 Å². The molecule has 266 valence electrons. The molecule has 1 saturated carbocycles. The highest BCUT2D eigenvalue weighted by atomic mass is 79.9. The lowest BCUT2D eigenvalue weighted by molar-refractivity contribution is -0.125. The Hall–Kier alpha value is -3.24. The van der Waals surface area contributed by atoms with Crippen LogP contribution in [-0.4, -0.2) is 45.6 Å². The van der Waals surface area contributed by atoms with E-state index in [0.717, 1.165) is 4.90 Å². The van der Waals surface area contributed by atoms with Crippen LogP contribution >= 0.6 is 66.7 Å². The second-order valence-electron chi connectivity index (χ2n) is 12.3. The molecule has 8 nitrogen and oxygen atoms in total. The Morgan fingerprint density at radius 2 is 1.43 bits per heavy atom. The zero-order chi connectivity index (χ0) is 37.2. The average Bonchev–Trinajstić information content (AvgIpc) is 3.44. The molecule has 18 heteroatoms. The normalized spacial score (nSPS) is 28.6. The Balaban J connectivity index is 1.47. The van der Waals surface area contributed by atoms with Crippen molar-refractivity contribution >= 4 is 102 Å². The van der Waals surface area contributed by atoms with E-state index in [1.807, 2.05) is 0 Å². The number of nitrogens with zero attached hydrogens (tertiary/aromatic N) is 2. The van der Waals surface area contributed by atoms with Crippen molar-refractivity contribution in [2.24, 2.45) is 17.8 Å². The van der Waals surface area contributed by atoms with Crippen LogP contribution in [0, 0.1) is 46.8 Å². The summed E-state index contributed by atoms with van der Waals surface area (Å²) in [4.78, 5) is 52.1. The molecule has 0 spiro atoms. The number of imide groups is 2. The van der Waals surface area contributed by atoms with Gasteiger partial charge in [-0.05, 0) is 86.5 Å². The van der Waals surface area contributed by atoms with Crippen LogP contribution < -0.4 is 14.5 Å². The highest BCUT2D eigenvalue weighted by Crippen LogP contribution is 2.67. The fourth-order valence-corrected chi connectivity index (χ4v) is 9.74. The first-order valence-electron chi connectivity index (χ1n) is 14.8. The van der Waals surface area contributed by atoms with E-state index < -0.39 is 104 Å². The number of alkyl halides is 2. The fourth-order valence-electron chi connectivity index (χ4n) is 7.73. The van der Waals surface area contributed by atoms with Gasteiger partial charge in [0.1, 0.15) is 5.69 Å². The molecule has 6 atom stereocenters. The van der Waals surface area contributed by atoms with Crippen LogP contribution in [0.2, 0.25) is 5.02 Å². The van der Waals surface area contributed by atoms with Crippen molar-refractivity contribution in [1.82, 2.24) is 0 Å². The number of phenols is 1. The van der Waals surface area contributed by atoms with Crippen molar-refractivity contribution in [3.63, 3.8) is 0 Å². The van der Waals surface area contributed by atoms with Crippen LogP contribution in [-0.2, 0) is 19.2 Å². The molecule has 2 saturated heterocycles. The summed E-state index contributed by atoms with van der Waals surface area (Å²) >= 11 is 27.0. The molecule has 4 amide bonds. The third kappa shape index (κ3) is 4.66. The van der Waals surface area contributed by atoms with Gasteiger partial charge in [0.15, 0.2) is 44.5 Å². The molecule has 2 aliphatic heterocycles. The van der Waals surface area contributed by atoms with Crippen LogP contribution in [0.4, 0.5) is 33.3 Å². The highest BCUT2D eigenvalue weighted by Gasteiger charge is 2.77. The molecule has 3 aromatic carbocycles. The molecule has 1 N–H and O–H groups in total. The summed E-state index contributed by atoms with van der Waals surface area (Å²) in [5, 5.41) is 11.0. The number of aromatic hydroxyl groups is 1. The van der Waals surface area contributed by atoms with Crippen molar-refractivity contribution in [2.45, 2.75) is 28.5 Å². The minimum atomic E-state index is -2.77. The van der Waals surface area contributed by atoms with Crippen LogP contribution in [0.5, 0.6) is 11.5 Å². The Morgan fingerprint density at radius 3 is 2.02 bits per heavy atom. The minimum absolute atomic E-state index is 0.0118. The standard InChI is InChI=1S/C33H18Br2Cl3F5N2O6/c1-51-16-8-14(19(34)20(35)27(16)46)18-12-6-7-13-17(29(48)44(28(13)47)11-4-2-10(36)3-5-11)15(12)9-32(37)30(49)45(31(50)33(18,32)38)26-24(42)22(40)21(39)23(41)25(26)43/h2-6,8,13,15,17-18,46H,7,9H2,1H3/t13-,15+,17-,18+,32+,33-/m0/s1. The third-order valence-corrected chi connectivity index (χ3v) is 13.8. The zero-order valence-electron chi connectivity index (χ0n) is 25.4. The van der Waals surface area contributed by atoms with E-state index in [-0.39, 0.29) is 42.8 Å². The van der Waals surface area contributed by atoms with Gasteiger partial charge in [-0.2, -0.15) is 0 Å². The van der Waals surface area contributed by atoms with E-state index in [1.165, 1.54) is 37.4 Å². The molecule has 2 heterocycles. The molecule has 2 aliphatic carbocycles. The second kappa shape index (κ2) is 12.2. The fraction of sp³-hybridized carbons (Fsp3) is 0.273. The zero-order valence-corrected chi connectivity index (χ0v) is 30.8. The van der Waals surface area contributed by atoms with Gasteiger partial charge in [0.25, 0.3) is 11.8 Å². The van der Waals surface area contributed by atoms with E-state index in [1.54, 1.807) is 6.08 Å². The maximum absolute atomic E-state index is 15.3. The highest BCUT2D eigenvalue weighted by molar-refractivity contribution is 9.13. The van der Waals surface area contributed by atoms with Gasteiger partial charge in [0.2, 0.25) is 17.6 Å². The Kier molecular flexibility index (Phi) is 8.61. The number of carbonyl (C=O) groups excluding carboxylic acids is 4. The predicted octanol–water partition coefficient (Wildman–Crippen LogP) is 8.04. The summed E-state index contributed by atoms with van der Waals surface area (Å²) in [5.74, 6) is -22.5. The van der Waals surface area contributed by atoms with Gasteiger partial charge in [-0.25, -0.2) is 26.9 Å². The first kappa shape index (κ1) is 36.1. The van der Waals surface area contributed by atoms with Crippen molar-refractivity contribution in [1.29, 1.82) is 0 Å². The van der Waals surface area contributed by atoms with Crippen LogP contribution in [0.25, 0.3) is 0 Å². The van der Waals surface area contributed by atoms with Crippen molar-refractivity contribution in [3.05, 3.63) is 90.6 Å². The van der Waals surface area contributed by atoms with Gasteiger partial charge in [0.05, 0.1) is 29.1 Å². The van der Waals surface area contributed by atoms with Crippen molar-refractivity contribution in [2.75, 3.05) is 16.9 Å². The molecule has 3 aromatic rings. The first-order valence-corrected chi connectivity index (χ1v) is 17.5. The molecule has 0 aromatic heterocycles.